The molecule has 2 aromatic carbocycles. The fourth-order valence-corrected chi connectivity index (χ4v) is 5.87. The summed E-state index contributed by atoms with van der Waals surface area (Å²) in [7, 11) is 1.65. The molecule has 1 saturated carbocycles. The molecule has 6 heteroatoms. The predicted molar refractivity (Wildman–Crippen MR) is 117 cm³/mol. The summed E-state index contributed by atoms with van der Waals surface area (Å²) in [6.07, 6.45) is 6.12. The van der Waals surface area contributed by atoms with Gasteiger partial charge in [0.25, 0.3) is 0 Å². The summed E-state index contributed by atoms with van der Waals surface area (Å²) in [6, 6.07) is 10.7. The Bertz CT molecular complexity index is 1100. The highest BCUT2D eigenvalue weighted by Gasteiger charge is 2.50. The molecule has 164 valence electrons. The van der Waals surface area contributed by atoms with E-state index in [-0.39, 0.29) is 11.2 Å². The second kappa shape index (κ2) is 7.61. The summed E-state index contributed by atoms with van der Waals surface area (Å²) in [6.45, 7) is 3.24. The van der Waals surface area contributed by atoms with Gasteiger partial charge in [0.1, 0.15) is 11.6 Å². The largest absolute Gasteiger partial charge is 0.493 e. The van der Waals surface area contributed by atoms with E-state index in [4.69, 9.17) is 9.47 Å². The Balaban J connectivity index is 1.60. The van der Waals surface area contributed by atoms with Crippen molar-refractivity contribution in [2.24, 2.45) is 5.92 Å². The van der Waals surface area contributed by atoms with Crippen LogP contribution >= 0.6 is 0 Å². The van der Waals surface area contributed by atoms with Gasteiger partial charge < -0.3 is 14.6 Å². The van der Waals surface area contributed by atoms with Crippen molar-refractivity contribution in [1.29, 1.82) is 0 Å². The maximum absolute atomic E-state index is 13.4. The molecule has 0 bridgehead atoms. The number of aliphatic hydroxyl groups is 1. The van der Waals surface area contributed by atoms with Crippen LogP contribution in [0.25, 0.3) is 16.6 Å². The highest BCUT2D eigenvalue weighted by Crippen LogP contribution is 2.54. The van der Waals surface area contributed by atoms with Gasteiger partial charge in [0.2, 0.25) is 0 Å². The fraction of sp³-hybridized carbons (Fsp3) is 0.480. The van der Waals surface area contributed by atoms with Crippen molar-refractivity contribution in [3.05, 3.63) is 54.0 Å². The lowest BCUT2D eigenvalue weighted by molar-refractivity contribution is -0.0903. The Morgan fingerprint density at radius 3 is 2.81 bits per heavy atom. The van der Waals surface area contributed by atoms with Crippen molar-refractivity contribution in [3.63, 3.8) is 0 Å². The minimum Gasteiger partial charge on any atom is -0.493 e. The van der Waals surface area contributed by atoms with E-state index >= 15 is 0 Å². The van der Waals surface area contributed by atoms with Gasteiger partial charge in [0.15, 0.2) is 0 Å². The van der Waals surface area contributed by atoms with Crippen LogP contribution in [0.4, 0.5) is 4.39 Å². The van der Waals surface area contributed by atoms with Crippen molar-refractivity contribution in [2.45, 2.75) is 50.0 Å². The number of hydrogen-bond acceptors (Lipinski definition) is 4. The van der Waals surface area contributed by atoms with Gasteiger partial charge in [0.05, 0.1) is 36.2 Å². The summed E-state index contributed by atoms with van der Waals surface area (Å²) in [5.41, 5.74) is 2.19. The fourth-order valence-electron chi connectivity index (χ4n) is 5.87. The Morgan fingerprint density at radius 2 is 2.06 bits per heavy atom. The first-order chi connectivity index (χ1) is 15.0. The van der Waals surface area contributed by atoms with Crippen LogP contribution < -0.4 is 4.74 Å². The molecule has 1 N–H and O–H groups in total. The lowest BCUT2D eigenvalue weighted by atomic mass is 9.57. The van der Waals surface area contributed by atoms with Crippen LogP contribution in [0.5, 0.6) is 5.75 Å². The van der Waals surface area contributed by atoms with Gasteiger partial charge in [-0.05, 0) is 68.4 Å². The quantitative estimate of drug-likeness (QED) is 0.655. The van der Waals surface area contributed by atoms with E-state index in [0.29, 0.717) is 19.1 Å². The lowest BCUT2D eigenvalue weighted by Crippen LogP contribution is -2.49. The Kier molecular flexibility index (Phi) is 5.02. The Labute approximate surface area is 181 Å². The molecular formula is C25H29FN2O3. The zero-order chi connectivity index (χ0) is 21.6. The van der Waals surface area contributed by atoms with Crippen LogP contribution in [0.3, 0.4) is 0 Å². The van der Waals surface area contributed by atoms with Crippen molar-refractivity contribution in [1.82, 2.24) is 9.78 Å². The molecule has 3 aromatic rings. The molecule has 0 amide bonds. The number of benzene rings is 2. The number of hydrogen-bond donors (Lipinski definition) is 1. The molecule has 0 radical (unpaired) electrons. The SMILES string of the molecule is CCC12CCC(O)(COC)CC1CCOc1cc3c(cnn3-c3ccc(F)cc3)cc12. The molecule has 3 unspecified atom stereocenters. The summed E-state index contributed by atoms with van der Waals surface area (Å²) >= 11 is 0. The Morgan fingerprint density at radius 1 is 1.26 bits per heavy atom. The third-order valence-corrected chi connectivity index (χ3v) is 7.49. The normalized spacial score (nSPS) is 27.9. The molecule has 1 aromatic heterocycles. The first-order valence-electron chi connectivity index (χ1n) is 11.1. The highest BCUT2D eigenvalue weighted by molar-refractivity contribution is 5.83. The lowest BCUT2D eigenvalue weighted by Gasteiger charge is -2.49. The van der Waals surface area contributed by atoms with Gasteiger partial charge in [0, 0.05) is 29.5 Å². The maximum atomic E-state index is 13.4. The van der Waals surface area contributed by atoms with Gasteiger partial charge in [-0.1, -0.05) is 6.92 Å². The molecule has 5 rings (SSSR count). The van der Waals surface area contributed by atoms with Gasteiger partial charge in [-0.3, -0.25) is 0 Å². The Hall–Kier alpha value is -2.44. The van der Waals surface area contributed by atoms with Crippen molar-refractivity contribution in [2.75, 3.05) is 20.3 Å². The second-order valence-electron chi connectivity index (χ2n) is 9.15. The van der Waals surface area contributed by atoms with Crippen LogP contribution in [-0.4, -0.2) is 40.8 Å². The molecule has 0 spiro atoms. The highest BCUT2D eigenvalue weighted by atomic mass is 19.1. The monoisotopic (exact) mass is 424 g/mol. The number of rotatable bonds is 4. The van der Waals surface area contributed by atoms with E-state index in [9.17, 15) is 9.50 Å². The van der Waals surface area contributed by atoms with E-state index in [1.165, 1.54) is 17.7 Å². The van der Waals surface area contributed by atoms with E-state index < -0.39 is 5.60 Å². The summed E-state index contributed by atoms with van der Waals surface area (Å²) < 4.78 is 26.8. The maximum Gasteiger partial charge on any atom is 0.125 e. The van der Waals surface area contributed by atoms with Crippen molar-refractivity contribution >= 4 is 10.9 Å². The molecule has 1 aliphatic heterocycles. The van der Waals surface area contributed by atoms with Gasteiger partial charge >= 0.3 is 0 Å². The van der Waals surface area contributed by atoms with Gasteiger partial charge in [-0.25, -0.2) is 9.07 Å². The zero-order valence-corrected chi connectivity index (χ0v) is 18.1. The number of fused-ring (bicyclic) bond motifs is 4. The smallest absolute Gasteiger partial charge is 0.125 e. The molecule has 2 heterocycles. The van der Waals surface area contributed by atoms with Gasteiger partial charge in [-0.15, -0.1) is 0 Å². The number of aromatic nitrogens is 2. The van der Waals surface area contributed by atoms with Crippen LogP contribution in [0.15, 0.2) is 42.6 Å². The van der Waals surface area contributed by atoms with E-state index in [2.05, 4.69) is 24.2 Å². The molecule has 0 saturated heterocycles. The van der Waals surface area contributed by atoms with Gasteiger partial charge in [-0.2, -0.15) is 5.10 Å². The third-order valence-electron chi connectivity index (χ3n) is 7.49. The minimum atomic E-state index is -0.764. The van der Waals surface area contributed by atoms with E-state index in [1.54, 1.807) is 19.2 Å². The number of methoxy groups -OCH3 is 1. The number of nitrogens with zero attached hydrogens (tertiary/aromatic N) is 2. The molecule has 5 nitrogen and oxygen atoms in total. The first kappa shape index (κ1) is 20.5. The summed E-state index contributed by atoms with van der Waals surface area (Å²) in [4.78, 5) is 0. The van der Waals surface area contributed by atoms with Crippen LogP contribution in [0.2, 0.25) is 0 Å². The molecule has 31 heavy (non-hydrogen) atoms. The number of halogens is 1. The molecule has 1 aliphatic carbocycles. The minimum absolute atomic E-state index is 0.0298. The standard InChI is InChI=1S/C25H29FN2O3/c1-3-25-10-9-24(29,16-30-2)14-18(25)8-11-31-23-13-22-17(12-21(23)25)15-27-28(22)20-6-4-19(26)5-7-20/h4-7,12-13,15,18,29H,3,8-11,14,16H2,1-2H3. The number of ether oxygens (including phenoxy) is 2. The molecule has 3 atom stereocenters. The second-order valence-corrected chi connectivity index (χ2v) is 9.15. The van der Waals surface area contributed by atoms with E-state index in [1.807, 2.05) is 10.9 Å². The van der Waals surface area contributed by atoms with E-state index in [0.717, 1.165) is 54.4 Å². The molecular weight excluding hydrogens is 395 g/mol. The average Bonchev–Trinajstić information content (AvgIpc) is 3.10. The van der Waals surface area contributed by atoms with Crippen LogP contribution in [-0.2, 0) is 10.2 Å². The van der Waals surface area contributed by atoms with Crippen LogP contribution in [0.1, 0.15) is 44.6 Å². The van der Waals surface area contributed by atoms with Crippen molar-refractivity contribution in [3.8, 4) is 11.4 Å². The zero-order valence-electron chi connectivity index (χ0n) is 18.1. The summed E-state index contributed by atoms with van der Waals surface area (Å²) in [5, 5.41) is 16.7. The summed E-state index contributed by atoms with van der Waals surface area (Å²) in [5.74, 6) is 0.967. The van der Waals surface area contributed by atoms with Crippen molar-refractivity contribution < 1.29 is 19.0 Å². The predicted octanol–water partition coefficient (Wildman–Crippen LogP) is 4.77. The molecule has 1 fully saturated rings. The topological polar surface area (TPSA) is 56.5 Å². The van der Waals surface area contributed by atoms with Crippen LogP contribution in [0, 0.1) is 11.7 Å². The third kappa shape index (κ3) is 3.33. The average molecular weight is 425 g/mol. The molecule has 2 aliphatic rings. The first-order valence-corrected chi connectivity index (χ1v) is 11.1.